The smallest absolute Gasteiger partial charge is 0.125 e. The van der Waals surface area contributed by atoms with Gasteiger partial charge in [-0.1, -0.05) is 65.9 Å². The number of ether oxygens (including phenoxy) is 2. The van der Waals surface area contributed by atoms with Crippen molar-refractivity contribution in [2.24, 2.45) is 17.6 Å². The van der Waals surface area contributed by atoms with Crippen LogP contribution in [-0.2, 0) is 6.42 Å². The van der Waals surface area contributed by atoms with E-state index in [0.29, 0.717) is 6.42 Å². The maximum absolute atomic E-state index is 9.64. The highest BCUT2D eigenvalue weighted by Gasteiger charge is 2.28. The lowest BCUT2D eigenvalue weighted by atomic mass is 9.83. The molecular weight excluding hydrogens is 350 g/mol. The lowest BCUT2D eigenvalue weighted by molar-refractivity contribution is 0.146. The number of aryl methyl sites for hydroxylation is 1. The zero-order valence-electron chi connectivity index (χ0n) is 18.8. The van der Waals surface area contributed by atoms with Gasteiger partial charge in [0.2, 0.25) is 0 Å². The molecule has 0 fully saturated rings. The number of hydrogen-bond acceptors (Lipinski definition) is 4. The first kappa shape index (κ1) is 24.8. The van der Waals surface area contributed by atoms with Gasteiger partial charge in [0, 0.05) is 11.6 Å². The number of nitrogens with two attached hydrogens (primary N) is 1. The van der Waals surface area contributed by atoms with Crippen LogP contribution in [0.2, 0.25) is 0 Å². The molecule has 1 aromatic rings. The molecule has 162 valence electrons. The van der Waals surface area contributed by atoms with Gasteiger partial charge in [0.15, 0.2) is 0 Å². The number of unbranched alkanes of at least 4 members (excludes halogenated alkanes) is 4. The molecule has 0 aliphatic carbocycles. The number of hydrogen-bond donors (Lipinski definition) is 2. The van der Waals surface area contributed by atoms with E-state index in [-0.39, 0.29) is 12.5 Å². The molecular formula is C24H43NO3. The van der Waals surface area contributed by atoms with Crippen LogP contribution in [-0.4, -0.2) is 31.0 Å². The van der Waals surface area contributed by atoms with Crippen molar-refractivity contribution in [1.29, 1.82) is 0 Å². The number of aliphatic hydroxyl groups is 1. The Morgan fingerprint density at radius 2 is 1.71 bits per heavy atom. The third-order valence-electron chi connectivity index (χ3n) is 5.76. The Morgan fingerprint density at radius 1 is 1.04 bits per heavy atom. The van der Waals surface area contributed by atoms with Gasteiger partial charge in [0.1, 0.15) is 11.5 Å². The lowest BCUT2D eigenvalue weighted by Gasteiger charge is -2.31. The van der Waals surface area contributed by atoms with Gasteiger partial charge in [-0.3, -0.25) is 0 Å². The SMILES string of the molecule is COc1cc(OCCCCCCCC(C)C)ccc1CC[C@@](N)(CO)C(C)C. The monoisotopic (exact) mass is 393 g/mol. The molecule has 0 aliphatic rings. The van der Waals surface area contributed by atoms with E-state index in [9.17, 15) is 5.11 Å². The highest BCUT2D eigenvalue weighted by molar-refractivity contribution is 5.41. The van der Waals surface area contributed by atoms with Gasteiger partial charge < -0.3 is 20.3 Å². The van der Waals surface area contributed by atoms with Crippen molar-refractivity contribution >= 4 is 0 Å². The van der Waals surface area contributed by atoms with Gasteiger partial charge in [-0.2, -0.15) is 0 Å². The van der Waals surface area contributed by atoms with E-state index >= 15 is 0 Å². The zero-order chi connectivity index (χ0) is 21.0. The second kappa shape index (κ2) is 13.1. The third kappa shape index (κ3) is 8.83. The van der Waals surface area contributed by atoms with Crippen molar-refractivity contribution in [3.05, 3.63) is 23.8 Å². The molecule has 0 aliphatic heterocycles. The first-order valence-electron chi connectivity index (χ1n) is 11.0. The quantitative estimate of drug-likeness (QED) is 0.394. The van der Waals surface area contributed by atoms with Gasteiger partial charge in [-0.25, -0.2) is 0 Å². The maximum atomic E-state index is 9.64. The minimum atomic E-state index is -0.560. The predicted octanol–water partition coefficient (Wildman–Crippen LogP) is 5.35. The highest BCUT2D eigenvalue weighted by Crippen LogP contribution is 2.28. The molecule has 0 saturated heterocycles. The molecule has 4 nitrogen and oxygen atoms in total. The molecule has 4 heteroatoms. The topological polar surface area (TPSA) is 64.7 Å². The van der Waals surface area contributed by atoms with E-state index in [0.717, 1.165) is 42.4 Å². The van der Waals surface area contributed by atoms with Crippen LogP contribution in [0.3, 0.4) is 0 Å². The summed E-state index contributed by atoms with van der Waals surface area (Å²) >= 11 is 0. The average Bonchev–Trinajstić information content (AvgIpc) is 2.67. The molecule has 1 rings (SSSR count). The van der Waals surface area contributed by atoms with Gasteiger partial charge in [0.25, 0.3) is 0 Å². The summed E-state index contributed by atoms with van der Waals surface area (Å²) in [5, 5.41) is 9.64. The fourth-order valence-electron chi connectivity index (χ4n) is 3.31. The Balaban J connectivity index is 2.41. The van der Waals surface area contributed by atoms with Crippen LogP contribution in [0.5, 0.6) is 11.5 Å². The Hall–Kier alpha value is -1.26. The largest absolute Gasteiger partial charge is 0.496 e. The minimum Gasteiger partial charge on any atom is -0.496 e. The van der Waals surface area contributed by atoms with Crippen LogP contribution in [0.4, 0.5) is 0 Å². The molecule has 1 aromatic carbocycles. The van der Waals surface area contributed by atoms with Crippen LogP contribution in [0.25, 0.3) is 0 Å². The molecule has 3 N–H and O–H groups in total. The minimum absolute atomic E-state index is 0.00829. The van der Waals surface area contributed by atoms with Crippen LogP contribution < -0.4 is 15.2 Å². The molecule has 0 radical (unpaired) electrons. The normalized spacial score (nSPS) is 13.8. The summed E-state index contributed by atoms with van der Waals surface area (Å²) in [6.07, 6.45) is 9.10. The summed E-state index contributed by atoms with van der Waals surface area (Å²) in [5.41, 5.74) is 6.87. The van der Waals surface area contributed by atoms with Gasteiger partial charge in [0.05, 0.1) is 20.3 Å². The Labute approximate surface area is 172 Å². The average molecular weight is 394 g/mol. The van der Waals surface area contributed by atoms with Gasteiger partial charge in [-0.15, -0.1) is 0 Å². The van der Waals surface area contributed by atoms with Crippen LogP contribution >= 0.6 is 0 Å². The summed E-state index contributed by atoms with van der Waals surface area (Å²) in [6.45, 7) is 9.42. The van der Waals surface area contributed by atoms with E-state index in [1.807, 2.05) is 12.1 Å². The fraction of sp³-hybridized carbons (Fsp3) is 0.750. The summed E-state index contributed by atoms with van der Waals surface area (Å²) in [7, 11) is 1.68. The maximum Gasteiger partial charge on any atom is 0.125 e. The Kier molecular flexibility index (Phi) is 11.6. The van der Waals surface area contributed by atoms with Crippen molar-refractivity contribution in [2.75, 3.05) is 20.3 Å². The Bertz CT molecular complexity index is 545. The van der Waals surface area contributed by atoms with E-state index in [4.69, 9.17) is 15.2 Å². The summed E-state index contributed by atoms with van der Waals surface area (Å²) < 4.78 is 11.5. The highest BCUT2D eigenvalue weighted by atomic mass is 16.5. The molecule has 28 heavy (non-hydrogen) atoms. The molecule has 1 atom stereocenters. The first-order valence-corrected chi connectivity index (χ1v) is 11.0. The van der Waals surface area contributed by atoms with Crippen LogP contribution in [0, 0.1) is 11.8 Å². The van der Waals surface area contributed by atoms with Crippen molar-refractivity contribution in [3.63, 3.8) is 0 Å². The Morgan fingerprint density at radius 3 is 2.32 bits per heavy atom. The number of methoxy groups -OCH3 is 1. The van der Waals surface area contributed by atoms with Crippen molar-refractivity contribution in [2.45, 2.75) is 84.6 Å². The molecule has 0 heterocycles. The fourth-order valence-corrected chi connectivity index (χ4v) is 3.31. The summed E-state index contributed by atoms with van der Waals surface area (Å²) in [5.74, 6) is 2.72. The molecule has 0 unspecified atom stereocenters. The van der Waals surface area contributed by atoms with Crippen molar-refractivity contribution in [3.8, 4) is 11.5 Å². The summed E-state index contributed by atoms with van der Waals surface area (Å²) in [6, 6.07) is 6.02. The number of aliphatic hydroxyl groups excluding tert-OH is 1. The van der Waals surface area contributed by atoms with E-state index in [2.05, 4.69) is 33.8 Å². The molecule has 0 saturated carbocycles. The predicted molar refractivity (Wildman–Crippen MR) is 118 cm³/mol. The molecule has 0 amide bonds. The van der Waals surface area contributed by atoms with Crippen LogP contribution in [0.1, 0.15) is 78.2 Å². The lowest BCUT2D eigenvalue weighted by Crippen LogP contribution is -2.48. The van der Waals surface area contributed by atoms with E-state index in [1.165, 1.54) is 32.1 Å². The first-order chi connectivity index (χ1) is 13.3. The van der Waals surface area contributed by atoms with Crippen molar-refractivity contribution in [1.82, 2.24) is 0 Å². The van der Waals surface area contributed by atoms with Crippen molar-refractivity contribution < 1.29 is 14.6 Å². The molecule has 0 bridgehead atoms. The third-order valence-corrected chi connectivity index (χ3v) is 5.76. The van der Waals surface area contributed by atoms with E-state index < -0.39 is 5.54 Å². The molecule has 0 spiro atoms. The second-order valence-corrected chi connectivity index (χ2v) is 8.82. The van der Waals surface area contributed by atoms with Crippen LogP contribution in [0.15, 0.2) is 18.2 Å². The van der Waals surface area contributed by atoms with Gasteiger partial charge >= 0.3 is 0 Å². The van der Waals surface area contributed by atoms with E-state index in [1.54, 1.807) is 7.11 Å². The van der Waals surface area contributed by atoms with Gasteiger partial charge in [-0.05, 0) is 42.7 Å². The zero-order valence-corrected chi connectivity index (χ0v) is 18.8. The second-order valence-electron chi connectivity index (χ2n) is 8.82. The molecule has 0 aromatic heterocycles. The number of rotatable bonds is 15. The number of benzene rings is 1. The summed E-state index contributed by atoms with van der Waals surface area (Å²) in [4.78, 5) is 0. The standard InChI is InChI=1S/C24H43NO3/c1-19(2)11-9-7-6-8-10-16-28-22-13-12-21(23(17-22)27-5)14-15-24(25,18-26)20(3)4/h12-13,17,19-20,26H,6-11,14-16,18,25H2,1-5H3/t24-/m1/s1.